The van der Waals surface area contributed by atoms with Crippen LogP contribution in [0.4, 0.5) is 0 Å². The van der Waals surface area contributed by atoms with E-state index in [9.17, 15) is 5.11 Å². The maximum Gasteiger partial charge on any atom is 0.110 e. The van der Waals surface area contributed by atoms with Gasteiger partial charge in [-0.3, -0.25) is 0 Å². The van der Waals surface area contributed by atoms with E-state index in [2.05, 4.69) is 5.32 Å². The number of rotatable bonds is 6. The zero-order chi connectivity index (χ0) is 10.4. The Morgan fingerprint density at radius 2 is 1.46 bits per heavy atom. The number of nitrogens with zero attached hydrogens (tertiary/aromatic N) is 1. The summed E-state index contributed by atoms with van der Waals surface area (Å²) in [5, 5.41) is 48.4. The second-order valence-corrected chi connectivity index (χ2v) is 2.80. The molecule has 0 radical (unpaired) electrons. The van der Waals surface area contributed by atoms with E-state index in [1.54, 1.807) is 0 Å². The highest BCUT2D eigenvalue weighted by molar-refractivity contribution is 4.87. The quantitative estimate of drug-likeness (QED) is 0.318. The van der Waals surface area contributed by atoms with Crippen molar-refractivity contribution in [1.29, 1.82) is 0 Å². The first-order valence-electron chi connectivity index (χ1n) is 3.93. The molecule has 0 aliphatic rings. The molecule has 13 heavy (non-hydrogen) atoms. The first kappa shape index (κ1) is 12.8. The first-order chi connectivity index (χ1) is 6.04. The minimum Gasteiger partial charge on any atom is -0.663 e. The van der Waals surface area contributed by atoms with E-state index in [4.69, 9.17) is 20.4 Å². The van der Waals surface area contributed by atoms with Crippen LogP contribution < -0.4 is 0 Å². The summed E-state index contributed by atoms with van der Waals surface area (Å²) < 4.78 is 0. The smallest absolute Gasteiger partial charge is 0.110 e. The second kappa shape index (κ2) is 6.25. The highest BCUT2D eigenvalue weighted by Gasteiger charge is 2.27. The summed E-state index contributed by atoms with van der Waals surface area (Å²) in [7, 11) is 1.45. The molecule has 6 nitrogen and oxygen atoms in total. The lowest BCUT2D eigenvalue weighted by atomic mass is 10.0. The van der Waals surface area contributed by atoms with Gasteiger partial charge in [0.2, 0.25) is 0 Å². The molecule has 6 heteroatoms. The monoisotopic (exact) mass is 194 g/mol. The minimum atomic E-state index is -1.57. The zero-order valence-corrected chi connectivity index (χ0v) is 7.41. The van der Waals surface area contributed by atoms with Crippen molar-refractivity contribution in [2.75, 3.05) is 20.2 Å². The van der Waals surface area contributed by atoms with Crippen LogP contribution in [-0.2, 0) is 0 Å². The molecule has 0 heterocycles. The largest absolute Gasteiger partial charge is 0.663 e. The maximum atomic E-state index is 9.19. The molecule has 0 aromatic heterocycles. The third-order valence-corrected chi connectivity index (χ3v) is 1.70. The summed E-state index contributed by atoms with van der Waals surface area (Å²) in [5.41, 5.74) is 0. The summed E-state index contributed by atoms with van der Waals surface area (Å²) >= 11 is 0. The molecule has 0 fully saturated rings. The third-order valence-electron chi connectivity index (χ3n) is 1.70. The van der Waals surface area contributed by atoms with Gasteiger partial charge in [0.1, 0.15) is 18.3 Å². The third kappa shape index (κ3) is 3.99. The minimum absolute atomic E-state index is 0.0314. The fourth-order valence-electron chi connectivity index (χ4n) is 0.858. The Morgan fingerprint density at radius 3 is 1.85 bits per heavy atom. The molecule has 0 aromatic rings. The molecular weight excluding hydrogens is 178 g/mol. The molecule has 80 valence electrons. The van der Waals surface area contributed by atoms with E-state index in [1.165, 1.54) is 7.05 Å². The van der Waals surface area contributed by atoms with Crippen LogP contribution in [0.3, 0.4) is 0 Å². The van der Waals surface area contributed by atoms with Gasteiger partial charge < -0.3 is 30.8 Å². The molecule has 4 atom stereocenters. The van der Waals surface area contributed by atoms with E-state index >= 15 is 0 Å². The Hall–Kier alpha value is -0.240. The maximum absolute atomic E-state index is 9.19. The van der Waals surface area contributed by atoms with E-state index in [0.29, 0.717) is 0 Å². The van der Waals surface area contributed by atoms with E-state index in [1.807, 2.05) is 0 Å². The van der Waals surface area contributed by atoms with E-state index < -0.39 is 31.0 Å². The SMILES string of the molecule is C[N-]C[C@H](O)[C@@H](O)[C@H](O)[C@H](O)CO. The van der Waals surface area contributed by atoms with Gasteiger partial charge in [0.15, 0.2) is 0 Å². The van der Waals surface area contributed by atoms with Crippen molar-refractivity contribution in [2.24, 2.45) is 0 Å². The Labute approximate surface area is 76.4 Å². The molecule has 0 spiro atoms. The highest BCUT2D eigenvalue weighted by atomic mass is 16.4. The summed E-state index contributed by atoms with van der Waals surface area (Å²) in [6.45, 7) is -0.704. The van der Waals surface area contributed by atoms with Crippen molar-refractivity contribution in [3.8, 4) is 0 Å². The van der Waals surface area contributed by atoms with Gasteiger partial charge in [0, 0.05) is 0 Å². The normalized spacial score (nSPS) is 20.8. The number of hydrogen-bond donors (Lipinski definition) is 5. The lowest BCUT2D eigenvalue weighted by Crippen LogP contribution is -2.46. The standard InChI is InChI=1S/C7H16NO5/c1-8-2-4(10)6(12)7(13)5(11)3-9/h4-7,9-13H,2-3H2,1H3/q-1/t4-,5+,6+,7+/m0/s1. The molecule has 0 bridgehead atoms. The lowest BCUT2D eigenvalue weighted by molar-refractivity contribution is -0.111. The molecule has 0 aromatic carbocycles. The van der Waals surface area contributed by atoms with Crippen molar-refractivity contribution in [3.63, 3.8) is 0 Å². The molecule has 0 saturated carbocycles. The average Bonchev–Trinajstić information content (AvgIpc) is 2.14. The molecule has 0 saturated heterocycles. The molecule has 0 aliphatic heterocycles. The van der Waals surface area contributed by atoms with Crippen molar-refractivity contribution < 1.29 is 25.5 Å². The Morgan fingerprint density at radius 1 is 1.00 bits per heavy atom. The Balaban J connectivity index is 3.99. The van der Waals surface area contributed by atoms with Crippen molar-refractivity contribution in [2.45, 2.75) is 24.4 Å². The Bertz CT molecular complexity index is 134. The zero-order valence-electron chi connectivity index (χ0n) is 7.41. The summed E-state index contributed by atoms with van der Waals surface area (Å²) in [6, 6.07) is 0. The van der Waals surface area contributed by atoms with Crippen LogP contribution in [0.1, 0.15) is 0 Å². The number of aliphatic hydroxyl groups excluding tert-OH is 5. The van der Waals surface area contributed by atoms with Crippen LogP contribution in [-0.4, -0.2) is 70.1 Å². The summed E-state index contributed by atoms with van der Waals surface area (Å²) in [6.07, 6.45) is -5.77. The van der Waals surface area contributed by atoms with Crippen molar-refractivity contribution in [3.05, 3.63) is 5.32 Å². The molecule has 0 amide bonds. The molecular formula is C7H16NO5-. The molecule has 0 aliphatic carbocycles. The first-order valence-corrected chi connectivity index (χ1v) is 3.93. The van der Waals surface area contributed by atoms with Crippen LogP contribution in [0.25, 0.3) is 5.32 Å². The van der Waals surface area contributed by atoms with Gasteiger partial charge in [-0.2, -0.15) is 7.05 Å². The Kier molecular flexibility index (Phi) is 6.13. The van der Waals surface area contributed by atoms with Gasteiger partial charge in [0.05, 0.1) is 12.7 Å². The van der Waals surface area contributed by atoms with Gasteiger partial charge >= 0.3 is 0 Å². The number of aliphatic hydroxyl groups is 5. The van der Waals surface area contributed by atoms with Crippen LogP contribution >= 0.6 is 0 Å². The summed E-state index contributed by atoms with van der Waals surface area (Å²) in [5.74, 6) is 0. The number of likely N-dealkylation sites (N-methyl/N-ethyl adjacent to an activating group) is 1. The highest BCUT2D eigenvalue weighted by Crippen LogP contribution is 2.06. The topological polar surface area (TPSA) is 115 Å². The van der Waals surface area contributed by atoms with Gasteiger partial charge in [0.25, 0.3) is 0 Å². The van der Waals surface area contributed by atoms with Crippen LogP contribution in [0.2, 0.25) is 0 Å². The fourth-order valence-corrected chi connectivity index (χ4v) is 0.858. The molecule has 5 N–H and O–H groups in total. The number of hydrogen-bond acceptors (Lipinski definition) is 5. The van der Waals surface area contributed by atoms with Crippen LogP contribution in [0.15, 0.2) is 0 Å². The van der Waals surface area contributed by atoms with Gasteiger partial charge in [-0.15, -0.1) is 6.54 Å². The van der Waals surface area contributed by atoms with E-state index in [0.717, 1.165) is 0 Å². The van der Waals surface area contributed by atoms with E-state index in [-0.39, 0.29) is 6.54 Å². The van der Waals surface area contributed by atoms with Gasteiger partial charge in [-0.05, 0) is 0 Å². The van der Waals surface area contributed by atoms with Gasteiger partial charge in [-0.1, -0.05) is 0 Å². The molecule has 0 unspecified atom stereocenters. The van der Waals surface area contributed by atoms with Crippen molar-refractivity contribution >= 4 is 0 Å². The van der Waals surface area contributed by atoms with Crippen LogP contribution in [0.5, 0.6) is 0 Å². The predicted molar refractivity (Wildman–Crippen MR) is 45.3 cm³/mol. The second-order valence-electron chi connectivity index (χ2n) is 2.80. The predicted octanol–water partition coefficient (Wildman–Crippen LogP) is -2.57. The van der Waals surface area contributed by atoms with Crippen molar-refractivity contribution in [1.82, 2.24) is 0 Å². The summed E-state index contributed by atoms with van der Waals surface area (Å²) in [4.78, 5) is 0. The van der Waals surface area contributed by atoms with Crippen LogP contribution in [0, 0.1) is 0 Å². The molecule has 0 rings (SSSR count). The van der Waals surface area contributed by atoms with Gasteiger partial charge in [-0.25, -0.2) is 0 Å². The lowest BCUT2D eigenvalue weighted by Gasteiger charge is -2.28. The fraction of sp³-hybridized carbons (Fsp3) is 1.00. The average molecular weight is 194 g/mol.